The molecule has 2 amide bonds. The molecule has 0 heterocycles. The summed E-state index contributed by atoms with van der Waals surface area (Å²) < 4.78 is 5.82. The molecule has 0 aliphatic heterocycles. The van der Waals surface area contributed by atoms with Crippen LogP contribution in [0.2, 0.25) is 0 Å². The topological polar surface area (TPSA) is 108 Å². The lowest BCUT2D eigenvalue weighted by Gasteiger charge is -2.22. The lowest BCUT2D eigenvalue weighted by atomic mass is 9.98. The predicted octanol–water partition coefficient (Wildman–Crippen LogP) is 3.59. The van der Waals surface area contributed by atoms with Crippen molar-refractivity contribution in [2.45, 2.75) is 44.4 Å². The van der Waals surface area contributed by atoms with Crippen LogP contribution in [0, 0.1) is 5.92 Å². The molecule has 4 N–H and O–H groups in total. The molecule has 0 saturated carbocycles. The number of carbonyl (C=O) groups excluding carboxylic acids is 2. The Morgan fingerprint density at radius 2 is 1.31 bits per heavy atom. The molecule has 3 rings (SSSR count). The molecule has 0 bridgehead atoms. The molecule has 0 aliphatic rings. The Balaban J connectivity index is 1.50. The Bertz CT molecular complexity index is 1150. The molecule has 3 aromatic carbocycles. The van der Waals surface area contributed by atoms with Crippen LogP contribution in [0.5, 0.6) is 5.75 Å². The summed E-state index contributed by atoms with van der Waals surface area (Å²) in [7, 11) is 0. The molecule has 0 aliphatic carbocycles. The van der Waals surface area contributed by atoms with E-state index in [-0.39, 0.29) is 31.4 Å². The second-order valence-electron chi connectivity index (χ2n) is 9.57. The fourth-order valence-electron chi connectivity index (χ4n) is 4.28. The van der Waals surface area contributed by atoms with E-state index in [1.54, 1.807) is 6.08 Å². The van der Waals surface area contributed by atoms with Crippen molar-refractivity contribution in [2.24, 2.45) is 5.92 Å². The van der Waals surface area contributed by atoms with Gasteiger partial charge in [0.05, 0.1) is 31.2 Å². The van der Waals surface area contributed by atoms with Crippen LogP contribution in [-0.2, 0) is 29.0 Å². The van der Waals surface area contributed by atoms with E-state index in [1.165, 1.54) is 0 Å². The third-order valence-corrected chi connectivity index (χ3v) is 6.38. The first-order valence-corrected chi connectivity index (χ1v) is 13.2. The van der Waals surface area contributed by atoms with E-state index in [0.29, 0.717) is 25.9 Å². The number of rotatable bonds is 16. The highest BCUT2D eigenvalue weighted by molar-refractivity contribution is 5.86. The van der Waals surface area contributed by atoms with Crippen LogP contribution in [0.25, 0.3) is 0 Å². The van der Waals surface area contributed by atoms with Crippen molar-refractivity contribution < 1.29 is 24.5 Å². The van der Waals surface area contributed by atoms with Crippen molar-refractivity contribution in [3.63, 3.8) is 0 Å². The summed E-state index contributed by atoms with van der Waals surface area (Å²) in [5.74, 6) is -0.541. The van der Waals surface area contributed by atoms with Gasteiger partial charge in [0.1, 0.15) is 12.4 Å². The van der Waals surface area contributed by atoms with Gasteiger partial charge in [0, 0.05) is 6.42 Å². The van der Waals surface area contributed by atoms with Crippen molar-refractivity contribution in [1.82, 2.24) is 10.6 Å². The maximum atomic E-state index is 12.9. The summed E-state index contributed by atoms with van der Waals surface area (Å²) in [6.07, 6.45) is 2.79. The highest BCUT2D eigenvalue weighted by Gasteiger charge is 2.24. The highest BCUT2D eigenvalue weighted by Crippen LogP contribution is 2.16. The lowest BCUT2D eigenvalue weighted by Crippen LogP contribution is -2.45. The van der Waals surface area contributed by atoms with Crippen molar-refractivity contribution in [1.29, 1.82) is 0 Å². The minimum absolute atomic E-state index is 0.0515. The van der Waals surface area contributed by atoms with Gasteiger partial charge in [0.25, 0.3) is 0 Å². The van der Waals surface area contributed by atoms with Gasteiger partial charge in [-0.3, -0.25) is 9.59 Å². The number of hydrogen-bond acceptors (Lipinski definition) is 5. The number of allylic oxidation sites excluding steroid dienone is 1. The van der Waals surface area contributed by atoms with Crippen LogP contribution in [0.4, 0.5) is 0 Å². The Labute approximate surface area is 230 Å². The Morgan fingerprint density at radius 3 is 1.87 bits per heavy atom. The molecule has 0 unspecified atom stereocenters. The van der Waals surface area contributed by atoms with E-state index in [9.17, 15) is 19.8 Å². The zero-order valence-electron chi connectivity index (χ0n) is 22.2. The molecule has 7 heteroatoms. The van der Waals surface area contributed by atoms with Crippen molar-refractivity contribution in [3.8, 4) is 5.75 Å². The van der Waals surface area contributed by atoms with Crippen LogP contribution in [0.1, 0.15) is 29.5 Å². The molecule has 0 fully saturated rings. The summed E-state index contributed by atoms with van der Waals surface area (Å²) in [5.41, 5.74) is 3.01. The molecular weight excluding hydrogens is 492 g/mol. The van der Waals surface area contributed by atoms with Gasteiger partial charge in [0.2, 0.25) is 11.8 Å². The summed E-state index contributed by atoms with van der Waals surface area (Å²) >= 11 is 0. The quantitative estimate of drug-likeness (QED) is 0.212. The average Bonchev–Trinajstić information content (AvgIpc) is 2.96. The summed E-state index contributed by atoms with van der Waals surface area (Å²) in [6.45, 7) is 3.74. The molecule has 0 spiro atoms. The minimum atomic E-state index is -0.632. The number of aliphatic hydroxyl groups excluding tert-OH is 2. The van der Waals surface area contributed by atoms with Gasteiger partial charge in [-0.25, -0.2) is 0 Å². The van der Waals surface area contributed by atoms with Crippen LogP contribution >= 0.6 is 0 Å². The molecule has 3 atom stereocenters. The SMILES string of the molecule is C=CC[C@@H](CC(=O)N[C@H](CO)Cc1ccc(OCc2ccccc2)cc1)C(=O)N[C@@H](CO)Cc1ccccc1. The van der Waals surface area contributed by atoms with Crippen molar-refractivity contribution in [2.75, 3.05) is 13.2 Å². The summed E-state index contributed by atoms with van der Waals surface area (Å²) in [5, 5.41) is 25.4. The van der Waals surface area contributed by atoms with E-state index in [2.05, 4.69) is 17.2 Å². The van der Waals surface area contributed by atoms with Gasteiger partial charge in [-0.15, -0.1) is 6.58 Å². The first-order valence-electron chi connectivity index (χ1n) is 13.2. The molecule has 7 nitrogen and oxygen atoms in total. The number of aliphatic hydroxyl groups is 2. The molecule has 0 aromatic heterocycles. The van der Waals surface area contributed by atoms with E-state index in [1.807, 2.05) is 84.9 Å². The third kappa shape index (κ3) is 10.4. The van der Waals surface area contributed by atoms with Gasteiger partial charge in [-0.2, -0.15) is 0 Å². The third-order valence-electron chi connectivity index (χ3n) is 6.38. The van der Waals surface area contributed by atoms with E-state index < -0.39 is 18.0 Å². The fraction of sp³-hybridized carbons (Fsp3) is 0.312. The van der Waals surface area contributed by atoms with E-state index >= 15 is 0 Å². The zero-order valence-corrected chi connectivity index (χ0v) is 22.2. The van der Waals surface area contributed by atoms with Crippen LogP contribution in [0.3, 0.4) is 0 Å². The molecule has 3 aromatic rings. The number of benzene rings is 3. The minimum Gasteiger partial charge on any atom is -0.489 e. The van der Waals surface area contributed by atoms with Crippen molar-refractivity contribution >= 4 is 11.8 Å². The zero-order chi connectivity index (χ0) is 27.9. The van der Waals surface area contributed by atoms with Crippen LogP contribution in [-0.4, -0.2) is 47.3 Å². The normalized spacial score (nSPS) is 13.1. The van der Waals surface area contributed by atoms with E-state index in [0.717, 1.165) is 22.4 Å². The van der Waals surface area contributed by atoms with E-state index in [4.69, 9.17) is 4.74 Å². The molecule has 206 valence electrons. The lowest BCUT2D eigenvalue weighted by molar-refractivity contribution is -0.131. The second-order valence-corrected chi connectivity index (χ2v) is 9.57. The number of nitrogens with one attached hydrogen (secondary N) is 2. The maximum Gasteiger partial charge on any atom is 0.224 e. The van der Waals surface area contributed by atoms with Gasteiger partial charge >= 0.3 is 0 Å². The Hall–Kier alpha value is -3.94. The molecule has 39 heavy (non-hydrogen) atoms. The average molecular weight is 531 g/mol. The molecular formula is C32H38N2O5. The fourth-order valence-corrected chi connectivity index (χ4v) is 4.28. The summed E-state index contributed by atoms with van der Waals surface area (Å²) in [4.78, 5) is 25.7. The number of carbonyl (C=O) groups is 2. The largest absolute Gasteiger partial charge is 0.489 e. The van der Waals surface area contributed by atoms with Gasteiger partial charge in [0.15, 0.2) is 0 Å². The maximum absolute atomic E-state index is 12.9. The number of amides is 2. The number of hydrogen-bond donors (Lipinski definition) is 4. The van der Waals surface area contributed by atoms with Gasteiger partial charge in [-0.1, -0.05) is 78.9 Å². The van der Waals surface area contributed by atoms with Crippen LogP contribution in [0.15, 0.2) is 97.6 Å². The van der Waals surface area contributed by atoms with Gasteiger partial charge < -0.3 is 25.6 Å². The second kappa shape index (κ2) is 16.1. The molecule has 0 saturated heterocycles. The monoisotopic (exact) mass is 530 g/mol. The first kappa shape index (κ1) is 29.6. The summed E-state index contributed by atoms with van der Waals surface area (Å²) in [6, 6.07) is 26.1. The Kier molecular flexibility index (Phi) is 12.2. The smallest absolute Gasteiger partial charge is 0.224 e. The highest BCUT2D eigenvalue weighted by atomic mass is 16.5. The van der Waals surface area contributed by atoms with Crippen LogP contribution < -0.4 is 15.4 Å². The Morgan fingerprint density at radius 1 is 0.769 bits per heavy atom. The number of ether oxygens (including phenoxy) is 1. The molecule has 0 radical (unpaired) electrons. The predicted molar refractivity (Wildman–Crippen MR) is 152 cm³/mol. The van der Waals surface area contributed by atoms with Gasteiger partial charge in [-0.05, 0) is 48.1 Å². The van der Waals surface area contributed by atoms with Crippen molar-refractivity contribution in [3.05, 3.63) is 114 Å². The standard InChI is InChI=1S/C32H38N2O5/c1-2-9-27(32(38)34-29(22-36)18-24-10-5-3-6-11-24)20-31(37)33-28(21-35)19-25-14-16-30(17-15-25)39-23-26-12-7-4-8-13-26/h2-8,10-17,27-29,35-36H,1,9,18-23H2,(H,33,37)(H,34,38)/t27-,28-,29+/m0/s1. The first-order chi connectivity index (χ1) is 19.0.